The van der Waals surface area contributed by atoms with E-state index in [2.05, 4.69) is 6.07 Å². The van der Waals surface area contributed by atoms with Crippen molar-refractivity contribution in [3.8, 4) is 11.1 Å². The van der Waals surface area contributed by atoms with Crippen LogP contribution in [-0.4, -0.2) is 5.11 Å². The summed E-state index contributed by atoms with van der Waals surface area (Å²) in [6, 6.07) is 13.2. The third-order valence-electron chi connectivity index (χ3n) is 2.68. The molecule has 2 nitrogen and oxygen atoms in total. The van der Waals surface area contributed by atoms with Crippen LogP contribution in [0.3, 0.4) is 0 Å². The number of aliphatic hydroxyl groups is 1. The molecule has 0 unspecified atom stereocenters. The molecule has 0 spiro atoms. The van der Waals surface area contributed by atoms with Crippen LogP contribution in [0.4, 0.5) is 4.39 Å². The Balaban J connectivity index is 2.48. The molecule has 0 bridgehead atoms. The molecule has 2 rings (SSSR count). The monoisotopic (exact) mass is 230 g/mol. The maximum absolute atomic E-state index is 13.5. The van der Waals surface area contributed by atoms with Gasteiger partial charge in [-0.2, -0.15) is 0 Å². The summed E-state index contributed by atoms with van der Waals surface area (Å²) in [6.07, 6.45) is 0. The molecular weight excluding hydrogens is 217 g/mol. The molecule has 3 heteroatoms. The second-order valence-electron chi connectivity index (χ2n) is 3.74. The Morgan fingerprint density at radius 1 is 1.18 bits per heavy atom. The fraction of sp³-hybridized carbons (Fsp3) is 0.143. The Labute approximate surface area is 99.5 Å². The van der Waals surface area contributed by atoms with Gasteiger partial charge in [0.25, 0.3) is 0 Å². The SMILES string of the molecule is NCc1ccc(-c2[c]ccc(F)c2CO)cc1. The summed E-state index contributed by atoms with van der Waals surface area (Å²) in [5, 5.41) is 9.18. The maximum atomic E-state index is 13.5. The molecule has 0 aliphatic rings. The molecule has 1 radical (unpaired) electrons. The fourth-order valence-corrected chi connectivity index (χ4v) is 1.72. The van der Waals surface area contributed by atoms with Crippen LogP contribution in [0.5, 0.6) is 0 Å². The average Bonchev–Trinajstić information content (AvgIpc) is 2.38. The van der Waals surface area contributed by atoms with E-state index in [4.69, 9.17) is 5.73 Å². The molecule has 0 amide bonds. The van der Waals surface area contributed by atoms with Gasteiger partial charge in [0.05, 0.1) is 6.61 Å². The van der Waals surface area contributed by atoms with Crippen LogP contribution in [0.2, 0.25) is 0 Å². The Kier molecular flexibility index (Phi) is 3.52. The molecule has 0 aliphatic carbocycles. The normalized spacial score (nSPS) is 10.5. The van der Waals surface area contributed by atoms with E-state index in [0.717, 1.165) is 11.1 Å². The molecule has 0 saturated heterocycles. The lowest BCUT2D eigenvalue weighted by Gasteiger charge is -2.08. The number of halogens is 1. The minimum Gasteiger partial charge on any atom is -0.392 e. The lowest BCUT2D eigenvalue weighted by atomic mass is 9.98. The third kappa shape index (κ3) is 2.35. The molecule has 17 heavy (non-hydrogen) atoms. The van der Waals surface area contributed by atoms with Crippen molar-refractivity contribution in [3.05, 3.63) is 59.4 Å². The van der Waals surface area contributed by atoms with Crippen LogP contribution < -0.4 is 5.73 Å². The number of hydrogen-bond donors (Lipinski definition) is 2. The topological polar surface area (TPSA) is 46.2 Å². The molecule has 0 saturated carbocycles. The predicted octanol–water partition coefficient (Wildman–Crippen LogP) is 2.24. The minimum atomic E-state index is -0.413. The van der Waals surface area contributed by atoms with E-state index in [1.54, 1.807) is 0 Å². The van der Waals surface area contributed by atoms with Crippen LogP contribution in [0, 0.1) is 11.9 Å². The number of aliphatic hydroxyl groups excluding tert-OH is 1. The van der Waals surface area contributed by atoms with Crippen molar-refractivity contribution < 1.29 is 9.50 Å². The molecule has 87 valence electrons. The quantitative estimate of drug-likeness (QED) is 0.849. The van der Waals surface area contributed by atoms with Crippen molar-refractivity contribution in [2.24, 2.45) is 5.73 Å². The van der Waals surface area contributed by atoms with E-state index in [0.29, 0.717) is 12.1 Å². The summed E-state index contributed by atoms with van der Waals surface area (Å²) < 4.78 is 13.5. The van der Waals surface area contributed by atoms with Crippen molar-refractivity contribution in [3.63, 3.8) is 0 Å². The lowest BCUT2D eigenvalue weighted by molar-refractivity contribution is 0.276. The van der Waals surface area contributed by atoms with Gasteiger partial charge in [-0.25, -0.2) is 4.39 Å². The zero-order valence-electron chi connectivity index (χ0n) is 9.28. The van der Waals surface area contributed by atoms with E-state index in [-0.39, 0.29) is 12.2 Å². The number of benzene rings is 2. The summed E-state index contributed by atoms with van der Waals surface area (Å²) in [5.41, 5.74) is 8.21. The summed E-state index contributed by atoms with van der Waals surface area (Å²) in [6.45, 7) is 0.136. The minimum absolute atomic E-state index is 0.271. The van der Waals surface area contributed by atoms with Gasteiger partial charge < -0.3 is 10.8 Å². The molecule has 0 heterocycles. The van der Waals surface area contributed by atoms with E-state index in [1.165, 1.54) is 12.1 Å². The molecule has 0 atom stereocenters. The van der Waals surface area contributed by atoms with Crippen LogP contribution in [-0.2, 0) is 13.2 Å². The average molecular weight is 230 g/mol. The molecular formula is C14H13FNO. The number of rotatable bonds is 3. The summed E-state index contributed by atoms with van der Waals surface area (Å²) in [5.74, 6) is -0.413. The van der Waals surface area contributed by atoms with Gasteiger partial charge in [0.15, 0.2) is 0 Å². The second-order valence-corrected chi connectivity index (χ2v) is 3.74. The van der Waals surface area contributed by atoms with Gasteiger partial charge in [-0.05, 0) is 28.8 Å². The van der Waals surface area contributed by atoms with Crippen LogP contribution in [0.15, 0.2) is 36.4 Å². The Hall–Kier alpha value is -1.71. The first-order valence-corrected chi connectivity index (χ1v) is 5.35. The molecule has 0 fully saturated rings. The van der Waals surface area contributed by atoms with Crippen molar-refractivity contribution in [1.29, 1.82) is 0 Å². The second kappa shape index (κ2) is 5.08. The maximum Gasteiger partial charge on any atom is 0.129 e. The highest BCUT2D eigenvalue weighted by Crippen LogP contribution is 2.25. The fourth-order valence-electron chi connectivity index (χ4n) is 1.72. The first-order chi connectivity index (χ1) is 8.26. The first-order valence-electron chi connectivity index (χ1n) is 5.35. The summed E-state index contributed by atoms with van der Waals surface area (Å²) >= 11 is 0. The van der Waals surface area contributed by atoms with Crippen LogP contribution >= 0.6 is 0 Å². The molecule has 0 aliphatic heterocycles. The van der Waals surface area contributed by atoms with Crippen molar-refractivity contribution in [2.75, 3.05) is 0 Å². The number of nitrogens with two attached hydrogens (primary N) is 1. The summed E-state index contributed by atoms with van der Waals surface area (Å²) in [4.78, 5) is 0. The third-order valence-corrected chi connectivity index (χ3v) is 2.68. The van der Waals surface area contributed by atoms with Gasteiger partial charge >= 0.3 is 0 Å². The van der Waals surface area contributed by atoms with Gasteiger partial charge in [-0.3, -0.25) is 0 Å². The Morgan fingerprint density at radius 3 is 2.47 bits per heavy atom. The standard InChI is InChI=1S/C14H13FNO/c15-14-3-1-2-12(13(14)9-17)11-6-4-10(8-16)5-7-11/h1,3-7,17H,8-9,16H2. The number of hydrogen-bond acceptors (Lipinski definition) is 2. The first kappa shape index (κ1) is 11.8. The van der Waals surface area contributed by atoms with Crippen molar-refractivity contribution >= 4 is 0 Å². The predicted molar refractivity (Wildman–Crippen MR) is 64.5 cm³/mol. The van der Waals surface area contributed by atoms with Gasteiger partial charge in [-0.15, -0.1) is 0 Å². The van der Waals surface area contributed by atoms with Crippen molar-refractivity contribution in [2.45, 2.75) is 13.2 Å². The molecule has 0 aromatic heterocycles. The molecule has 2 aromatic rings. The van der Waals surface area contributed by atoms with Crippen LogP contribution in [0.25, 0.3) is 11.1 Å². The highest BCUT2D eigenvalue weighted by Gasteiger charge is 2.09. The van der Waals surface area contributed by atoms with Crippen molar-refractivity contribution in [1.82, 2.24) is 0 Å². The van der Waals surface area contributed by atoms with Gasteiger partial charge in [0, 0.05) is 12.1 Å². The smallest absolute Gasteiger partial charge is 0.129 e. The van der Waals surface area contributed by atoms with E-state index < -0.39 is 5.82 Å². The van der Waals surface area contributed by atoms with Gasteiger partial charge in [0.1, 0.15) is 5.82 Å². The summed E-state index contributed by atoms with van der Waals surface area (Å²) in [7, 11) is 0. The van der Waals surface area contributed by atoms with E-state index in [9.17, 15) is 9.50 Å². The van der Waals surface area contributed by atoms with E-state index in [1.807, 2.05) is 24.3 Å². The van der Waals surface area contributed by atoms with Gasteiger partial charge in [0.2, 0.25) is 0 Å². The molecule has 2 aromatic carbocycles. The highest BCUT2D eigenvalue weighted by molar-refractivity contribution is 5.67. The highest BCUT2D eigenvalue weighted by atomic mass is 19.1. The zero-order chi connectivity index (χ0) is 12.3. The largest absolute Gasteiger partial charge is 0.392 e. The lowest BCUT2D eigenvalue weighted by Crippen LogP contribution is -1.97. The van der Waals surface area contributed by atoms with Gasteiger partial charge in [-0.1, -0.05) is 30.3 Å². The Morgan fingerprint density at radius 2 is 1.88 bits per heavy atom. The molecule has 3 N–H and O–H groups in total. The zero-order valence-corrected chi connectivity index (χ0v) is 9.28. The van der Waals surface area contributed by atoms with E-state index >= 15 is 0 Å². The van der Waals surface area contributed by atoms with Crippen LogP contribution in [0.1, 0.15) is 11.1 Å². The Bertz CT molecular complexity index is 508.